The Morgan fingerprint density at radius 3 is 2.18 bits per heavy atom. The van der Waals surface area contributed by atoms with E-state index in [2.05, 4.69) is 126 Å². The van der Waals surface area contributed by atoms with E-state index in [0.717, 1.165) is 11.3 Å². The van der Waals surface area contributed by atoms with Crippen molar-refractivity contribution in [2.45, 2.75) is 0 Å². The van der Waals surface area contributed by atoms with Gasteiger partial charge in [0.1, 0.15) is 5.65 Å². The molecule has 3 heteroatoms. The molecule has 8 rings (SSSR count). The van der Waals surface area contributed by atoms with Crippen LogP contribution in [0.5, 0.6) is 0 Å². The quantitative estimate of drug-likeness (QED) is 0.235. The SMILES string of the molecule is c1cc(-c2cccc(-n3c4ccccc4c4cccnc43)c2)cc(-c2cccc3c2sc2ccccc23)c1. The second-order valence-corrected chi connectivity index (χ2v) is 10.7. The Hall–Kier alpha value is -4.73. The van der Waals surface area contributed by atoms with Crippen molar-refractivity contribution in [1.29, 1.82) is 0 Å². The average molecular weight is 503 g/mol. The summed E-state index contributed by atoms with van der Waals surface area (Å²) in [4.78, 5) is 4.76. The molecule has 2 nitrogen and oxygen atoms in total. The molecule has 3 aromatic heterocycles. The third-order valence-corrected chi connectivity index (χ3v) is 8.67. The first kappa shape index (κ1) is 21.4. The van der Waals surface area contributed by atoms with Gasteiger partial charge in [-0.25, -0.2) is 4.98 Å². The molecular formula is C35H22N2S. The summed E-state index contributed by atoms with van der Waals surface area (Å²) in [7, 11) is 0. The molecule has 0 saturated heterocycles. The third-order valence-electron chi connectivity index (χ3n) is 7.45. The van der Waals surface area contributed by atoms with Gasteiger partial charge in [0.05, 0.1) is 5.52 Å². The van der Waals surface area contributed by atoms with Crippen molar-refractivity contribution in [3.8, 4) is 27.9 Å². The molecule has 0 spiro atoms. The average Bonchev–Trinajstić information content (AvgIpc) is 3.53. The summed E-state index contributed by atoms with van der Waals surface area (Å²) in [5.41, 5.74) is 8.19. The Labute approximate surface area is 224 Å². The van der Waals surface area contributed by atoms with Crippen molar-refractivity contribution in [2.75, 3.05) is 0 Å². The van der Waals surface area contributed by atoms with Gasteiger partial charge in [-0.2, -0.15) is 0 Å². The van der Waals surface area contributed by atoms with Gasteiger partial charge in [-0.05, 0) is 64.7 Å². The molecule has 0 N–H and O–H groups in total. The van der Waals surface area contributed by atoms with E-state index in [4.69, 9.17) is 4.98 Å². The fourth-order valence-electron chi connectivity index (χ4n) is 5.72. The van der Waals surface area contributed by atoms with Crippen LogP contribution >= 0.6 is 11.3 Å². The van der Waals surface area contributed by atoms with E-state index in [1.54, 1.807) is 0 Å². The van der Waals surface area contributed by atoms with E-state index in [-0.39, 0.29) is 0 Å². The first-order chi connectivity index (χ1) is 18.8. The minimum Gasteiger partial charge on any atom is -0.294 e. The number of thiophene rings is 1. The van der Waals surface area contributed by atoms with Crippen LogP contribution < -0.4 is 0 Å². The Morgan fingerprint density at radius 2 is 1.24 bits per heavy atom. The smallest absolute Gasteiger partial charge is 0.145 e. The van der Waals surface area contributed by atoms with Gasteiger partial charge < -0.3 is 0 Å². The normalized spacial score (nSPS) is 11.7. The molecule has 0 unspecified atom stereocenters. The molecule has 0 aliphatic heterocycles. The van der Waals surface area contributed by atoms with E-state index in [0.29, 0.717) is 0 Å². The van der Waals surface area contributed by atoms with E-state index in [1.165, 1.54) is 58.7 Å². The Balaban J connectivity index is 1.28. The Morgan fingerprint density at radius 1 is 0.526 bits per heavy atom. The highest BCUT2D eigenvalue weighted by Gasteiger charge is 2.14. The number of hydrogen-bond donors (Lipinski definition) is 0. The lowest BCUT2D eigenvalue weighted by Crippen LogP contribution is -1.95. The van der Waals surface area contributed by atoms with E-state index < -0.39 is 0 Å². The van der Waals surface area contributed by atoms with Crippen LogP contribution in [-0.4, -0.2) is 9.55 Å². The Kier molecular flexibility index (Phi) is 4.73. The van der Waals surface area contributed by atoms with Crippen LogP contribution in [0.1, 0.15) is 0 Å². The molecule has 0 aliphatic carbocycles. The van der Waals surface area contributed by atoms with Crippen molar-refractivity contribution in [2.24, 2.45) is 0 Å². The van der Waals surface area contributed by atoms with Crippen molar-refractivity contribution in [3.05, 3.63) is 134 Å². The van der Waals surface area contributed by atoms with Crippen LogP contribution in [0, 0.1) is 0 Å². The van der Waals surface area contributed by atoms with Gasteiger partial charge in [-0.3, -0.25) is 4.57 Å². The largest absolute Gasteiger partial charge is 0.294 e. The maximum Gasteiger partial charge on any atom is 0.145 e. The summed E-state index contributed by atoms with van der Waals surface area (Å²) >= 11 is 1.88. The highest BCUT2D eigenvalue weighted by Crippen LogP contribution is 2.40. The van der Waals surface area contributed by atoms with E-state index >= 15 is 0 Å². The maximum atomic E-state index is 4.76. The lowest BCUT2D eigenvalue weighted by Gasteiger charge is -2.11. The Bertz CT molecular complexity index is 2090. The van der Waals surface area contributed by atoms with Crippen molar-refractivity contribution >= 4 is 53.4 Å². The third kappa shape index (κ3) is 3.22. The van der Waals surface area contributed by atoms with Gasteiger partial charge in [0, 0.05) is 42.8 Å². The molecule has 0 amide bonds. The predicted octanol–water partition coefficient (Wildman–Crippen LogP) is 9.88. The van der Waals surface area contributed by atoms with E-state index in [9.17, 15) is 0 Å². The zero-order chi connectivity index (χ0) is 25.1. The number of pyridine rings is 1. The molecule has 0 bridgehead atoms. The summed E-state index contributed by atoms with van der Waals surface area (Å²) in [6.07, 6.45) is 1.87. The van der Waals surface area contributed by atoms with Crippen LogP contribution in [0.15, 0.2) is 134 Å². The fraction of sp³-hybridized carbons (Fsp3) is 0. The molecule has 0 aliphatic rings. The molecule has 0 saturated carbocycles. The van der Waals surface area contributed by atoms with Crippen LogP contribution in [0.3, 0.4) is 0 Å². The zero-order valence-electron chi connectivity index (χ0n) is 20.5. The monoisotopic (exact) mass is 502 g/mol. The van der Waals surface area contributed by atoms with Crippen LogP contribution in [0.4, 0.5) is 0 Å². The summed E-state index contributed by atoms with van der Waals surface area (Å²) in [5.74, 6) is 0. The van der Waals surface area contributed by atoms with Crippen molar-refractivity contribution in [3.63, 3.8) is 0 Å². The van der Waals surface area contributed by atoms with Gasteiger partial charge in [-0.15, -0.1) is 11.3 Å². The maximum absolute atomic E-state index is 4.76. The van der Waals surface area contributed by atoms with Gasteiger partial charge >= 0.3 is 0 Å². The highest BCUT2D eigenvalue weighted by atomic mass is 32.1. The molecule has 5 aromatic carbocycles. The van der Waals surface area contributed by atoms with Gasteiger partial charge in [0.25, 0.3) is 0 Å². The predicted molar refractivity (Wildman–Crippen MR) is 162 cm³/mol. The molecule has 178 valence electrons. The second kappa shape index (κ2) is 8.41. The van der Waals surface area contributed by atoms with Gasteiger partial charge in [-0.1, -0.05) is 84.9 Å². The van der Waals surface area contributed by atoms with Crippen LogP contribution in [0.2, 0.25) is 0 Å². The van der Waals surface area contributed by atoms with Crippen molar-refractivity contribution in [1.82, 2.24) is 9.55 Å². The standard InChI is InChI=1S/C35H22N2S/c1-3-18-32-28(13-1)31-17-8-20-36-35(31)37(32)26-12-6-10-24(22-26)23-9-5-11-25(21-23)27-15-7-16-30-29-14-2-4-19-33(29)38-34(27)30/h1-22H. The number of benzene rings is 5. The van der Waals surface area contributed by atoms with Crippen LogP contribution in [0.25, 0.3) is 70.0 Å². The molecule has 0 fully saturated rings. The number of rotatable bonds is 3. The molecule has 0 radical (unpaired) electrons. The number of aromatic nitrogens is 2. The topological polar surface area (TPSA) is 17.8 Å². The molecule has 0 atom stereocenters. The minimum absolute atomic E-state index is 0.982. The first-order valence-electron chi connectivity index (χ1n) is 12.8. The van der Waals surface area contributed by atoms with Crippen molar-refractivity contribution < 1.29 is 0 Å². The minimum atomic E-state index is 0.982. The molecule has 8 aromatic rings. The molecule has 3 heterocycles. The summed E-state index contributed by atoms with van der Waals surface area (Å²) in [6, 6.07) is 45.8. The molecular weight excluding hydrogens is 480 g/mol. The zero-order valence-corrected chi connectivity index (χ0v) is 21.3. The first-order valence-corrected chi connectivity index (χ1v) is 13.6. The number of nitrogens with zero attached hydrogens (tertiary/aromatic N) is 2. The van der Waals surface area contributed by atoms with Crippen LogP contribution in [-0.2, 0) is 0 Å². The summed E-state index contributed by atoms with van der Waals surface area (Å²) in [6.45, 7) is 0. The second-order valence-electron chi connectivity index (χ2n) is 9.64. The fourth-order valence-corrected chi connectivity index (χ4v) is 6.96. The van der Waals surface area contributed by atoms with Gasteiger partial charge in [0.2, 0.25) is 0 Å². The van der Waals surface area contributed by atoms with E-state index in [1.807, 2.05) is 23.6 Å². The number of para-hydroxylation sites is 1. The molecule has 38 heavy (non-hydrogen) atoms. The number of fused-ring (bicyclic) bond motifs is 6. The summed E-state index contributed by atoms with van der Waals surface area (Å²) in [5, 5.41) is 5.05. The lowest BCUT2D eigenvalue weighted by atomic mass is 9.97. The highest BCUT2D eigenvalue weighted by molar-refractivity contribution is 7.26. The lowest BCUT2D eigenvalue weighted by molar-refractivity contribution is 1.14. The number of hydrogen-bond acceptors (Lipinski definition) is 2. The summed E-state index contributed by atoms with van der Waals surface area (Å²) < 4.78 is 4.95. The van der Waals surface area contributed by atoms with Gasteiger partial charge in [0.15, 0.2) is 0 Å².